The third-order valence-electron chi connectivity index (χ3n) is 6.00. The average molecular weight is 428 g/mol. The highest BCUT2D eigenvalue weighted by molar-refractivity contribution is 5.82. The van der Waals surface area contributed by atoms with E-state index in [-0.39, 0.29) is 5.43 Å². The number of para-hydroxylation sites is 2. The zero-order valence-electron chi connectivity index (χ0n) is 18.0. The first-order valence-electron chi connectivity index (χ1n) is 10.8. The number of ether oxygens (including phenoxy) is 1. The van der Waals surface area contributed by atoms with Crippen LogP contribution in [0.1, 0.15) is 5.56 Å². The summed E-state index contributed by atoms with van der Waals surface area (Å²) in [6.07, 6.45) is 3.36. The van der Waals surface area contributed by atoms with E-state index in [1.807, 2.05) is 54.6 Å². The van der Waals surface area contributed by atoms with E-state index in [0.29, 0.717) is 23.1 Å². The Labute approximate surface area is 186 Å². The topological polar surface area (TPSA) is 58.8 Å². The fourth-order valence-corrected chi connectivity index (χ4v) is 4.25. The monoisotopic (exact) mass is 427 g/mol. The lowest BCUT2D eigenvalue weighted by atomic mass is 10.1. The van der Waals surface area contributed by atoms with Crippen LogP contribution in [0.2, 0.25) is 0 Å². The second-order valence-electron chi connectivity index (χ2n) is 7.95. The van der Waals surface area contributed by atoms with Gasteiger partial charge in [0, 0.05) is 50.0 Å². The van der Waals surface area contributed by atoms with Gasteiger partial charge in [0.2, 0.25) is 0 Å². The lowest BCUT2D eigenvalue weighted by molar-refractivity contribution is 0.247. The van der Waals surface area contributed by atoms with Crippen molar-refractivity contribution in [1.29, 1.82) is 0 Å². The molecule has 0 unspecified atom stereocenters. The van der Waals surface area contributed by atoms with Crippen LogP contribution in [0.15, 0.2) is 82.3 Å². The van der Waals surface area contributed by atoms with Gasteiger partial charge < -0.3 is 14.1 Å². The number of hydrogen-bond acceptors (Lipinski definition) is 6. The Morgan fingerprint density at radius 2 is 1.81 bits per heavy atom. The maximum absolute atomic E-state index is 13.2. The molecule has 0 spiro atoms. The van der Waals surface area contributed by atoms with Gasteiger partial charge in [0.25, 0.3) is 0 Å². The first-order chi connectivity index (χ1) is 15.7. The van der Waals surface area contributed by atoms with Crippen molar-refractivity contribution >= 4 is 16.7 Å². The average Bonchev–Trinajstić information content (AvgIpc) is 2.86. The third kappa shape index (κ3) is 3.97. The molecule has 6 nitrogen and oxygen atoms in total. The maximum Gasteiger partial charge on any atom is 0.197 e. The molecule has 2 aromatic carbocycles. The number of aromatic nitrogens is 1. The van der Waals surface area contributed by atoms with E-state index in [2.05, 4.69) is 20.9 Å². The van der Waals surface area contributed by atoms with E-state index < -0.39 is 0 Å². The number of nitrogens with zero attached hydrogens (tertiary/aromatic N) is 3. The molecule has 32 heavy (non-hydrogen) atoms. The molecule has 162 valence electrons. The molecule has 3 heterocycles. The summed E-state index contributed by atoms with van der Waals surface area (Å²) in [5.74, 6) is 0.889. The summed E-state index contributed by atoms with van der Waals surface area (Å²) in [5, 5.41) is 0.596. The lowest BCUT2D eigenvalue weighted by Crippen LogP contribution is -2.46. The van der Waals surface area contributed by atoms with E-state index in [0.717, 1.165) is 48.9 Å². The fourth-order valence-electron chi connectivity index (χ4n) is 4.25. The number of anilines is 1. The molecular formula is C26H25N3O3. The van der Waals surface area contributed by atoms with Crippen molar-refractivity contribution in [2.45, 2.75) is 6.54 Å². The number of rotatable bonds is 5. The summed E-state index contributed by atoms with van der Waals surface area (Å²) in [6.45, 7) is 4.06. The predicted molar refractivity (Wildman–Crippen MR) is 126 cm³/mol. The molecular weight excluding hydrogens is 402 g/mol. The molecule has 0 bridgehead atoms. The zero-order chi connectivity index (χ0) is 21.9. The number of benzene rings is 2. The van der Waals surface area contributed by atoms with Crippen LogP contribution in [0.5, 0.6) is 5.75 Å². The summed E-state index contributed by atoms with van der Waals surface area (Å²) < 4.78 is 11.3. The van der Waals surface area contributed by atoms with Gasteiger partial charge in [-0.05, 0) is 42.5 Å². The van der Waals surface area contributed by atoms with Crippen molar-refractivity contribution < 1.29 is 9.15 Å². The number of methoxy groups -OCH3 is 1. The summed E-state index contributed by atoms with van der Waals surface area (Å²) >= 11 is 0. The predicted octanol–water partition coefficient (Wildman–Crippen LogP) is 4.19. The molecule has 2 aromatic heterocycles. The Morgan fingerprint density at radius 1 is 1.00 bits per heavy atom. The van der Waals surface area contributed by atoms with Crippen LogP contribution in [0.25, 0.3) is 22.2 Å². The van der Waals surface area contributed by atoms with Crippen molar-refractivity contribution in [3.63, 3.8) is 0 Å². The molecule has 6 heteroatoms. The second kappa shape index (κ2) is 8.85. The van der Waals surface area contributed by atoms with E-state index in [4.69, 9.17) is 9.15 Å². The van der Waals surface area contributed by atoms with Crippen molar-refractivity contribution in [3.8, 4) is 17.0 Å². The van der Waals surface area contributed by atoms with Crippen LogP contribution in [-0.4, -0.2) is 43.2 Å². The van der Waals surface area contributed by atoms with E-state index in [1.54, 1.807) is 19.6 Å². The molecule has 0 radical (unpaired) electrons. The first kappa shape index (κ1) is 20.3. The molecule has 1 saturated heterocycles. The van der Waals surface area contributed by atoms with Crippen LogP contribution >= 0.6 is 0 Å². The minimum atomic E-state index is 0.0242. The second-order valence-corrected chi connectivity index (χ2v) is 7.95. The zero-order valence-corrected chi connectivity index (χ0v) is 18.0. The van der Waals surface area contributed by atoms with Crippen molar-refractivity contribution in [1.82, 2.24) is 9.88 Å². The third-order valence-corrected chi connectivity index (χ3v) is 6.00. The highest BCUT2D eigenvalue weighted by Gasteiger charge is 2.21. The minimum absolute atomic E-state index is 0.0242. The molecule has 0 aliphatic carbocycles. The van der Waals surface area contributed by atoms with Gasteiger partial charge in [-0.15, -0.1) is 0 Å². The van der Waals surface area contributed by atoms with Crippen LogP contribution in [0.3, 0.4) is 0 Å². The highest BCUT2D eigenvalue weighted by Crippen LogP contribution is 2.28. The van der Waals surface area contributed by atoms with Gasteiger partial charge in [-0.3, -0.25) is 14.7 Å². The van der Waals surface area contributed by atoms with Gasteiger partial charge in [0.15, 0.2) is 5.43 Å². The molecule has 5 rings (SSSR count). The molecule has 4 aromatic rings. The van der Waals surface area contributed by atoms with Gasteiger partial charge in [0.1, 0.15) is 11.3 Å². The van der Waals surface area contributed by atoms with Crippen molar-refractivity contribution in [3.05, 3.63) is 88.9 Å². The molecule has 1 fully saturated rings. The van der Waals surface area contributed by atoms with Crippen LogP contribution in [0, 0.1) is 0 Å². The smallest absolute Gasteiger partial charge is 0.197 e. The summed E-state index contributed by atoms with van der Waals surface area (Å²) in [6, 6.07) is 19.5. The Balaban J connectivity index is 1.33. The molecule has 0 amide bonds. The van der Waals surface area contributed by atoms with Gasteiger partial charge in [-0.25, -0.2) is 0 Å². The molecule has 0 saturated carbocycles. The minimum Gasteiger partial charge on any atom is -0.495 e. The van der Waals surface area contributed by atoms with Gasteiger partial charge in [0.05, 0.1) is 30.1 Å². The number of pyridine rings is 1. The summed E-state index contributed by atoms with van der Waals surface area (Å²) in [5.41, 5.74) is 4.17. The molecule has 1 aliphatic heterocycles. The van der Waals surface area contributed by atoms with Gasteiger partial charge in [-0.1, -0.05) is 18.2 Å². The highest BCUT2D eigenvalue weighted by atomic mass is 16.5. The maximum atomic E-state index is 13.2. The number of fused-ring (bicyclic) bond motifs is 1. The standard InChI is InChI=1S/C26H25N3O3/c1-31-25-8-3-2-7-23(25)29-14-12-28(13-15-29)17-20-18-32-24-10-9-19(16-21(24)26(20)30)22-6-4-5-11-27-22/h2-11,16,18H,12-15,17H2,1H3. The first-order valence-corrected chi connectivity index (χ1v) is 10.8. The quantitative estimate of drug-likeness (QED) is 0.476. The SMILES string of the molecule is COc1ccccc1N1CCN(Cc2coc3ccc(-c4ccccn4)cc3c2=O)CC1. The van der Waals surface area contributed by atoms with Crippen LogP contribution in [-0.2, 0) is 6.54 Å². The van der Waals surface area contributed by atoms with Crippen molar-refractivity contribution in [2.24, 2.45) is 0 Å². The Morgan fingerprint density at radius 3 is 2.59 bits per heavy atom. The molecule has 0 atom stereocenters. The summed E-state index contributed by atoms with van der Waals surface area (Å²) in [7, 11) is 1.70. The Hall–Kier alpha value is -3.64. The molecule has 0 N–H and O–H groups in total. The lowest BCUT2D eigenvalue weighted by Gasteiger charge is -2.36. The van der Waals surface area contributed by atoms with Crippen LogP contribution < -0.4 is 15.1 Å². The van der Waals surface area contributed by atoms with Gasteiger partial charge in [-0.2, -0.15) is 0 Å². The van der Waals surface area contributed by atoms with Gasteiger partial charge >= 0.3 is 0 Å². The Bertz CT molecular complexity index is 1280. The number of hydrogen-bond donors (Lipinski definition) is 0. The molecule has 1 aliphatic rings. The Kier molecular flexibility index (Phi) is 5.60. The number of piperazine rings is 1. The van der Waals surface area contributed by atoms with Crippen molar-refractivity contribution in [2.75, 3.05) is 38.2 Å². The normalized spacial score (nSPS) is 14.6. The van der Waals surface area contributed by atoms with E-state index in [1.165, 1.54) is 0 Å². The fraction of sp³-hybridized carbons (Fsp3) is 0.231. The summed E-state index contributed by atoms with van der Waals surface area (Å²) in [4.78, 5) is 22.2. The largest absolute Gasteiger partial charge is 0.495 e. The van der Waals surface area contributed by atoms with E-state index >= 15 is 0 Å². The van der Waals surface area contributed by atoms with Crippen LogP contribution in [0.4, 0.5) is 5.69 Å². The van der Waals surface area contributed by atoms with E-state index in [9.17, 15) is 4.79 Å².